The molecule has 24 heavy (non-hydrogen) atoms. The summed E-state index contributed by atoms with van der Waals surface area (Å²) >= 11 is 0. The summed E-state index contributed by atoms with van der Waals surface area (Å²) in [4.78, 5) is 28.2. The number of piperazine rings is 1. The van der Waals surface area contributed by atoms with Crippen LogP contribution >= 0.6 is 0 Å². The SMILES string of the molecule is O=C(COCc1ccccc1)N1CCCC(N2CCNCC2=O)C1. The Bertz CT molecular complexity index is 564. The maximum Gasteiger partial charge on any atom is 0.248 e. The lowest BCUT2D eigenvalue weighted by Gasteiger charge is -2.41. The summed E-state index contributed by atoms with van der Waals surface area (Å²) < 4.78 is 5.55. The van der Waals surface area contributed by atoms with Crippen LogP contribution in [-0.4, -0.2) is 67.0 Å². The quantitative estimate of drug-likeness (QED) is 0.859. The third kappa shape index (κ3) is 4.33. The van der Waals surface area contributed by atoms with E-state index in [1.54, 1.807) is 0 Å². The zero-order chi connectivity index (χ0) is 16.8. The van der Waals surface area contributed by atoms with Crippen molar-refractivity contribution in [2.75, 3.05) is 39.3 Å². The van der Waals surface area contributed by atoms with Gasteiger partial charge in [0.05, 0.1) is 13.2 Å². The fourth-order valence-electron chi connectivity index (χ4n) is 3.36. The Morgan fingerprint density at radius 1 is 1.25 bits per heavy atom. The molecule has 1 unspecified atom stereocenters. The molecule has 2 heterocycles. The number of benzene rings is 1. The first-order chi connectivity index (χ1) is 11.7. The molecule has 0 spiro atoms. The molecule has 2 saturated heterocycles. The Morgan fingerprint density at radius 2 is 2.08 bits per heavy atom. The molecule has 130 valence electrons. The lowest BCUT2D eigenvalue weighted by Crippen LogP contribution is -2.57. The highest BCUT2D eigenvalue weighted by atomic mass is 16.5. The van der Waals surface area contributed by atoms with Gasteiger partial charge in [-0.15, -0.1) is 0 Å². The van der Waals surface area contributed by atoms with Crippen molar-refractivity contribution >= 4 is 11.8 Å². The van der Waals surface area contributed by atoms with Crippen LogP contribution in [-0.2, 0) is 20.9 Å². The Balaban J connectivity index is 1.47. The number of ether oxygens (including phenoxy) is 1. The molecule has 1 N–H and O–H groups in total. The van der Waals surface area contributed by atoms with Gasteiger partial charge in [-0.25, -0.2) is 0 Å². The standard InChI is InChI=1S/C18H25N3O3/c22-17-11-19-8-10-21(17)16-7-4-9-20(12-16)18(23)14-24-13-15-5-2-1-3-6-15/h1-3,5-6,16,19H,4,7-14H2. The number of hydrogen-bond acceptors (Lipinski definition) is 4. The summed E-state index contributed by atoms with van der Waals surface area (Å²) in [6.45, 7) is 3.89. The highest BCUT2D eigenvalue weighted by Gasteiger charge is 2.31. The van der Waals surface area contributed by atoms with Crippen LogP contribution in [0.25, 0.3) is 0 Å². The van der Waals surface area contributed by atoms with Crippen LogP contribution < -0.4 is 5.32 Å². The monoisotopic (exact) mass is 331 g/mol. The second-order valence-corrected chi connectivity index (χ2v) is 6.38. The fourth-order valence-corrected chi connectivity index (χ4v) is 3.36. The second kappa shape index (κ2) is 8.26. The number of carbonyl (C=O) groups is 2. The topological polar surface area (TPSA) is 61.9 Å². The van der Waals surface area contributed by atoms with Crippen molar-refractivity contribution in [1.29, 1.82) is 0 Å². The summed E-state index contributed by atoms with van der Waals surface area (Å²) in [5.74, 6) is 0.152. The van der Waals surface area contributed by atoms with Gasteiger partial charge in [-0.2, -0.15) is 0 Å². The summed E-state index contributed by atoms with van der Waals surface area (Å²) in [6, 6.07) is 9.99. The zero-order valence-corrected chi connectivity index (χ0v) is 13.9. The summed E-state index contributed by atoms with van der Waals surface area (Å²) in [6.07, 6.45) is 1.91. The third-order valence-electron chi connectivity index (χ3n) is 4.65. The molecular formula is C18H25N3O3. The van der Waals surface area contributed by atoms with Crippen molar-refractivity contribution in [3.8, 4) is 0 Å². The number of piperidine rings is 1. The number of likely N-dealkylation sites (tertiary alicyclic amines) is 1. The van der Waals surface area contributed by atoms with E-state index >= 15 is 0 Å². The summed E-state index contributed by atoms with van der Waals surface area (Å²) in [5, 5.41) is 3.09. The van der Waals surface area contributed by atoms with Crippen LogP contribution in [0.4, 0.5) is 0 Å². The molecule has 1 atom stereocenters. The maximum atomic E-state index is 12.4. The minimum Gasteiger partial charge on any atom is -0.367 e. The Labute approximate surface area is 142 Å². The highest BCUT2D eigenvalue weighted by molar-refractivity contribution is 5.80. The summed E-state index contributed by atoms with van der Waals surface area (Å²) in [7, 11) is 0. The van der Waals surface area contributed by atoms with Crippen LogP contribution in [0.2, 0.25) is 0 Å². The Kier molecular flexibility index (Phi) is 5.82. The molecule has 6 nitrogen and oxygen atoms in total. The number of nitrogens with zero attached hydrogens (tertiary/aromatic N) is 2. The van der Waals surface area contributed by atoms with Crippen LogP contribution in [0.5, 0.6) is 0 Å². The molecular weight excluding hydrogens is 306 g/mol. The van der Waals surface area contributed by atoms with E-state index in [2.05, 4.69) is 5.32 Å². The van der Waals surface area contributed by atoms with Crippen molar-refractivity contribution in [3.63, 3.8) is 0 Å². The van der Waals surface area contributed by atoms with E-state index in [0.717, 1.165) is 38.0 Å². The molecule has 2 aliphatic rings. The highest BCUT2D eigenvalue weighted by Crippen LogP contribution is 2.17. The van der Waals surface area contributed by atoms with Crippen molar-refractivity contribution < 1.29 is 14.3 Å². The fraction of sp³-hybridized carbons (Fsp3) is 0.556. The average Bonchev–Trinajstić information content (AvgIpc) is 2.63. The van der Waals surface area contributed by atoms with Gasteiger partial charge >= 0.3 is 0 Å². The van der Waals surface area contributed by atoms with Gasteiger partial charge < -0.3 is 19.9 Å². The van der Waals surface area contributed by atoms with Crippen LogP contribution in [0.3, 0.4) is 0 Å². The minimum absolute atomic E-state index is 0.0122. The van der Waals surface area contributed by atoms with Crippen LogP contribution in [0.15, 0.2) is 30.3 Å². The van der Waals surface area contributed by atoms with Gasteiger partial charge in [0.2, 0.25) is 11.8 Å². The van der Waals surface area contributed by atoms with Gasteiger partial charge in [-0.3, -0.25) is 9.59 Å². The Hall–Kier alpha value is -1.92. The van der Waals surface area contributed by atoms with Crippen molar-refractivity contribution in [1.82, 2.24) is 15.1 Å². The molecule has 6 heteroatoms. The van der Waals surface area contributed by atoms with Crippen molar-refractivity contribution in [2.24, 2.45) is 0 Å². The molecule has 0 aromatic heterocycles. The predicted octanol–water partition coefficient (Wildman–Crippen LogP) is 0.626. The molecule has 2 aliphatic heterocycles. The zero-order valence-electron chi connectivity index (χ0n) is 13.9. The third-order valence-corrected chi connectivity index (χ3v) is 4.65. The predicted molar refractivity (Wildman–Crippen MR) is 90.3 cm³/mol. The second-order valence-electron chi connectivity index (χ2n) is 6.38. The number of amides is 2. The van der Waals surface area contributed by atoms with E-state index in [0.29, 0.717) is 19.7 Å². The molecule has 0 saturated carbocycles. The Morgan fingerprint density at radius 3 is 2.88 bits per heavy atom. The van der Waals surface area contributed by atoms with Crippen LogP contribution in [0, 0.1) is 0 Å². The van der Waals surface area contributed by atoms with E-state index in [9.17, 15) is 9.59 Å². The van der Waals surface area contributed by atoms with Crippen LogP contribution in [0.1, 0.15) is 18.4 Å². The first-order valence-electron chi connectivity index (χ1n) is 8.63. The van der Waals surface area contributed by atoms with E-state index in [-0.39, 0.29) is 24.5 Å². The van der Waals surface area contributed by atoms with Gasteiger partial charge in [-0.1, -0.05) is 30.3 Å². The van der Waals surface area contributed by atoms with E-state index in [1.807, 2.05) is 40.1 Å². The number of carbonyl (C=O) groups excluding carboxylic acids is 2. The molecule has 0 bridgehead atoms. The van der Waals surface area contributed by atoms with Gasteiger partial charge in [0, 0.05) is 32.2 Å². The molecule has 0 aliphatic carbocycles. The van der Waals surface area contributed by atoms with Gasteiger partial charge in [0.15, 0.2) is 0 Å². The van der Waals surface area contributed by atoms with Gasteiger partial charge in [0.25, 0.3) is 0 Å². The van der Waals surface area contributed by atoms with E-state index in [1.165, 1.54) is 0 Å². The van der Waals surface area contributed by atoms with Crippen molar-refractivity contribution in [3.05, 3.63) is 35.9 Å². The lowest BCUT2D eigenvalue weighted by atomic mass is 10.0. The molecule has 2 fully saturated rings. The molecule has 2 amide bonds. The normalized spacial score (nSPS) is 21.8. The van der Waals surface area contributed by atoms with Gasteiger partial charge in [-0.05, 0) is 18.4 Å². The van der Waals surface area contributed by atoms with E-state index in [4.69, 9.17) is 4.74 Å². The maximum absolute atomic E-state index is 12.4. The van der Waals surface area contributed by atoms with Gasteiger partial charge in [0.1, 0.15) is 6.61 Å². The summed E-state index contributed by atoms with van der Waals surface area (Å²) in [5.41, 5.74) is 1.06. The first kappa shape index (κ1) is 16.9. The molecule has 0 radical (unpaired) electrons. The lowest BCUT2D eigenvalue weighted by molar-refractivity contribution is -0.143. The largest absolute Gasteiger partial charge is 0.367 e. The molecule has 1 aromatic carbocycles. The number of hydrogen-bond donors (Lipinski definition) is 1. The average molecular weight is 331 g/mol. The first-order valence-corrected chi connectivity index (χ1v) is 8.63. The minimum atomic E-state index is 0.0122. The number of rotatable bonds is 5. The molecule has 3 rings (SSSR count). The van der Waals surface area contributed by atoms with Crippen molar-refractivity contribution in [2.45, 2.75) is 25.5 Å². The smallest absolute Gasteiger partial charge is 0.248 e. The number of nitrogens with one attached hydrogen (secondary N) is 1. The molecule has 1 aromatic rings. The van der Waals surface area contributed by atoms with E-state index < -0.39 is 0 Å².